The lowest BCUT2D eigenvalue weighted by Crippen LogP contribution is -2.26. The van der Waals surface area contributed by atoms with E-state index in [1.165, 1.54) is 22.2 Å². The Bertz CT molecular complexity index is 280. The molecule has 1 aliphatic carbocycles. The second-order valence-corrected chi connectivity index (χ2v) is 5.65. The molecule has 0 aliphatic heterocycles. The molecule has 1 nitrogen and oxygen atoms in total. The molecule has 3 heteroatoms. The van der Waals surface area contributed by atoms with Crippen LogP contribution in [0.1, 0.15) is 24.6 Å². The van der Waals surface area contributed by atoms with Crippen LogP contribution in [-0.2, 0) is 6.54 Å². The van der Waals surface area contributed by atoms with Gasteiger partial charge in [0.05, 0.1) is 0 Å². The van der Waals surface area contributed by atoms with Crippen LogP contribution in [-0.4, -0.2) is 6.04 Å². The van der Waals surface area contributed by atoms with Crippen LogP contribution >= 0.6 is 27.3 Å². The van der Waals surface area contributed by atoms with Crippen molar-refractivity contribution in [2.75, 3.05) is 0 Å². The summed E-state index contributed by atoms with van der Waals surface area (Å²) < 4.78 is 1.20. The fraction of sp³-hybridized carbons (Fsp3) is 0.600. The van der Waals surface area contributed by atoms with E-state index in [2.05, 4.69) is 39.6 Å². The summed E-state index contributed by atoms with van der Waals surface area (Å²) in [6.45, 7) is 3.31. The Morgan fingerprint density at radius 3 is 3.00 bits per heavy atom. The van der Waals surface area contributed by atoms with Crippen molar-refractivity contribution in [3.8, 4) is 0 Å². The summed E-state index contributed by atoms with van der Waals surface area (Å²) in [5.41, 5.74) is 0. The zero-order chi connectivity index (χ0) is 9.26. The van der Waals surface area contributed by atoms with Crippen molar-refractivity contribution >= 4 is 27.3 Å². The topological polar surface area (TPSA) is 12.0 Å². The Kier molecular flexibility index (Phi) is 3.06. The van der Waals surface area contributed by atoms with Gasteiger partial charge >= 0.3 is 0 Å². The van der Waals surface area contributed by atoms with Crippen molar-refractivity contribution < 1.29 is 0 Å². The molecule has 72 valence electrons. The predicted molar refractivity (Wildman–Crippen MR) is 61.0 cm³/mol. The van der Waals surface area contributed by atoms with Crippen molar-refractivity contribution in [3.63, 3.8) is 0 Å². The third-order valence-electron chi connectivity index (χ3n) is 2.55. The summed E-state index contributed by atoms with van der Waals surface area (Å²) in [5.74, 6) is 0.948. The molecule has 0 bridgehead atoms. The SMILES string of the molecule is CC(NCc1cc(Br)cs1)C1CC1. The van der Waals surface area contributed by atoms with Crippen LogP contribution in [0.25, 0.3) is 0 Å². The summed E-state index contributed by atoms with van der Waals surface area (Å²) in [6, 6.07) is 2.89. The van der Waals surface area contributed by atoms with E-state index in [0.29, 0.717) is 6.04 Å². The molecule has 1 unspecified atom stereocenters. The molecule has 1 fully saturated rings. The lowest BCUT2D eigenvalue weighted by atomic mass is 10.2. The third-order valence-corrected chi connectivity index (χ3v) is 4.25. The van der Waals surface area contributed by atoms with Gasteiger partial charge in [0.1, 0.15) is 0 Å². The first-order valence-corrected chi connectivity index (χ1v) is 6.39. The van der Waals surface area contributed by atoms with Gasteiger partial charge < -0.3 is 5.32 Å². The van der Waals surface area contributed by atoms with E-state index in [1.54, 1.807) is 0 Å². The number of halogens is 1. The van der Waals surface area contributed by atoms with Crippen LogP contribution in [0.3, 0.4) is 0 Å². The summed E-state index contributed by atoms with van der Waals surface area (Å²) in [4.78, 5) is 1.42. The summed E-state index contributed by atoms with van der Waals surface area (Å²) >= 11 is 5.28. The molecule has 0 radical (unpaired) electrons. The largest absolute Gasteiger partial charge is 0.309 e. The van der Waals surface area contributed by atoms with Gasteiger partial charge in [-0.15, -0.1) is 11.3 Å². The lowest BCUT2D eigenvalue weighted by Gasteiger charge is -2.10. The average molecular weight is 260 g/mol. The molecule has 0 spiro atoms. The highest BCUT2D eigenvalue weighted by molar-refractivity contribution is 9.10. The molecule has 1 atom stereocenters. The molecule has 0 amide bonds. The molecule has 0 saturated heterocycles. The molecule has 13 heavy (non-hydrogen) atoms. The van der Waals surface area contributed by atoms with Gasteiger partial charge in [-0.2, -0.15) is 0 Å². The van der Waals surface area contributed by atoms with E-state index >= 15 is 0 Å². The predicted octanol–water partition coefficient (Wildman–Crippen LogP) is 3.40. The minimum atomic E-state index is 0.695. The monoisotopic (exact) mass is 259 g/mol. The van der Waals surface area contributed by atoms with E-state index in [9.17, 15) is 0 Å². The quantitative estimate of drug-likeness (QED) is 0.874. The van der Waals surface area contributed by atoms with E-state index in [4.69, 9.17) is 0 Å². The van der Waals surface area contributed by atoms with E-state index < -0.39 is 0 Å². The fourth-order valence-electron chi connectivity index (χ4n) is 1.47. The van der Waals surface area contributed by atoms with Crippen molar-refractivity contribution in [1.82, 2.24) is 5.32 Å². The van der Waals surface area contributed by atoms with Gasteiger partial charge in [-0.1, -0.05) is 0 Å². The Morgan fingerprint density at radius 1 is 1.69 bits per heavy atom. The molecular formula is C10H14BrNS. The second kappa shape index (κ2) is 4.11. The smallest absolute Gasteiger partial charge is 0.0302 e. The maximum absolute atomic E-state index is 3.56. The van der Waals surface area contributed by atoms with Gasteiger partial charge in [-0.3, -0.25) is 0 Å². The van der Waals surface area contributed by atoms with Crippen molar-refractivity contribution in [2.24, 2.45) is 5.92 Å². The molecule has 1 saturated carbocycles. The van der Waals surface area contributed by atoms with Crippen LogP contribution in [0.15, 0.2) is 15.9 Å². The normalized spacial score (nSPS) is 18.9. The molecule has 0 aromatic carbocycles. The van der Waals surface area contributed by atoms with Crippen LogP contribution in [0, 0.1) is 5.92 Å². The van der Waals surface area contributed by atoms with Crippen LogP contribution in [0.2, 0.25) is 0 Å². The minimum Gasteiger partial charge on any atom is -0.309 e. The van der Waals surface area contributed by atoms with Gasteiger partial charge in [0.2, 0.25) is 0 Å². The zero-order valence-corrected chi connectivity index (χ0v) is 10.1. The van der Waals surface area contributed by atoms with E-state index in [-0.39, 0.29) is 0 Å². The molecule has 2 rings (SSSR count). The van der Waals surface area contributed by atoms with E-state index in [1.807, 2.05) is 11.3 Å². The number of rotatable bonds is 4. The Hall–Kier alpha value is 0.140. The Balaban J connectivity index is 1.78. The van der Waals surface area contributed by atoms with Crippen molar-refractivity contribution in [3.05, 3.63) is 20.8 Å². The summed E-state index contributed by atoms with van der Waals surface area (Å²) in [7, 11) is 0. The second-order valence-electron chi connectivity index (χ2n) is 3.74. The van der Waals surface area contributed by atoms with Crippen LogP contribution < -0.4 is 5.32 Å². The summed E-state index contributed by atoms with van der Waals surface area (Å²) in [5, 5.41) is 5.70. The molecule has 1 N–H and O–H groups in total. The van der Waals surface area contributed by atoms with Gasteiger partial charge in [-0.25, -0.2) is 0 Å². The number of thiophene rings is 1. The van der Waals surface area contributed by atoms with Gasteiger partial charge in [0.15, 0.2) is 0 Å². The minimum absolute atomic E-state index is 0.695. The van der Waals surface area contributed by atoms with Crippen LogP contribution in [0.5, 0.6) is 0 Å². The van der Waals surface area contributed by atoms with Crippen LogP contribution in [0.4, 0.5) is 0 Å². The lowest BCUT2D eigenvalue weighted by molar-refractivity contribution is 0.499. The van der Waals surface area contributed by atoms with Crippen molar-refractivity contribution in [1.29, 1.82) is 0 Å². The molecule has 1 aromatic heterocycles. The molecular weight excluding hydrogens is 246 g/mol. The number of nitrogens with one attached hydrogen (secondary N) is 1. The zero-order valence-electron chi connectivity index (χ0n) is 7.72. The highest BCUT2D eigenvalue weighted by Crippen LogP contribution is 2.32. The fourth-order valence-corrected chi connectivity index (χ4v) is 2.87. The number of hydrogen-bond donors (Lipinski definition) is 1. The average Bonchev–Trinajstić information content (AvgIpc) is 2.87. The standard InChI is InChI=1S/C10H14BrNS/c1-7(8-2-3-8)12-5-10-4-9(11)6-13-10/h4,6-8,12H,2-3,5H2,1H3. The first kappa shape index (κ1) is 9.69. The highest BCUT2D eigenvalue weighted by Gasteiger charge is 2.27. The molecule has 1 heterocycles. The Morgan fingerprint density at radius 2 is 2.46 bits per heavy atom. The molecule has 1 aromatic rings. The Labute approximate surface area is 91.7 Å². The molecule has 1 aliphatic rings. The van der Waals surface area contributed by atoms with E-state index in [0.717, 1.165) is 12.5 Å². The third kappa shape index (κ3) is 2.79. The first-order chi connectivity index (χ1) is 6.25. The maximum Gasteiger partial charge on any atom is 0.0302 e. The summed E-state index contributed by atoms with van der Waals surface area (Å²) in [6.07, 6.45) is 2.84. The highest BCUT2D eigenvalue weighted by atomic mass is 79.9. The maximum atomic E-state index is 3.56. The van der Waals surface area contributed by atoms with Gasteiger partial charge in [0, 0.05) is 27.3 Å². The first-order valence-electron chi connectivity index (χ1n) is 4.72. The van der Waals surface area contributed by atoms with Crippen molar-refractivity contribution in [2.45, 2.75) is 32.4 Å². The van der Waals surface area contributed by atoms with Gasteiger partial charge in [0.25, 0.3) is 0 Å². The van der Waals surface area contributed by atoms with Gasteiger partial charge in [-0.05, 0) is 47.7 Å². The number of hydrogen-bond acceptors (Lipinski definition) is 2.